The predicted molar refractivity (Wildman–Crippen MR) is 95.3 cm³/mol. The molecule has 0 saturated heterocycles. The van der Waals surface area contributed by atoms with Gasteiger partial charge in [0.05, 0.1) is 0 Å². The Morgan fingerprint density at radius 1 is 1.29 bits per heavy atom. The topological polar surface area (TPSA) is 58.4 Å². The summed E-state index contributed by atoms with van der Waals surface area (Å²) in [6.45, 7) is 1.19. The van der Waals surface area contributed by atoms with Crippen molar-refractivity contribution in [1.29, 1.82) is 0 Å². The van der Waals surface area contributed by atoms with Crippen molar-refractivity contribution >= 4 is 5.91 Å². The third kappa shape index (κ3) is 4.00. The molecule has 1 aliphatic heterocycles. The van der Waals surface area contributed by atoms with Gasteiger partial charge < -0.3 is 14.6 Å². The normalized spacial score (nSPS) is 19.3. The Morgan fingerprint density at radius 2 is 2.07 bits per heavy atom. The van der Waals surface area contributed by atoms with E-state index in [1.807, 2.05) is 6.07 Å². The third-order valence-corrected chi connectivity index (χ3v) is 5.47. The first-order chi connectivity index (χ1) is 13.3. The van der Waals surface area contributed by atoms with Gasteiger partial charge in [-0.2, -0.15) is 13.2 Å². The van der Waals surface area contributed by atoms with Crippen LogP contribution in [0.4, 0.5) is 13.2 Å². The number of carbonyl (C=O) groups excluding carboxylic acids is 1. The molecule has 1 atom stereocenters. The fraction of sp³-hybridized carbons (Fsp3) is 0.500. The zero-order valence-corrected chi connectivity index (χ0v) is 15.3. The van der Waals surface area contributed by atoms with Crippen LogP contribution in [-0.4, -0.2) is 32.0 Å². The number of hydrogen-bond acceptors (Lipinski definition) is 3. The number of nitrogens with zero attached hydrogens (tertiary/aromatic N) is 3. The molecule has 1 aromatic heterocycles. The SMILES string of the molecule is O=C([C@H]1CCn2c(cnc2C(F)(F)F)C1)N(Cc1cccc(O)c1)CC1CC1. The maximum Gasteiger partial charge on any atom is 0.449 e. The zero-order chi connectivity index (χ0) is 19.9. The Hall–Kier alpha value is -2.51. The number of carbonyl (C=O) groups is 1. The highest BCUT2D eigenvalue weighted by Gasteiger charge is 2.40. The molecule has 28 heavy (non-hydrogen) atoms. The average molecular weight is 393 g/mol. The Bertz CT molecular complexity index is 874. The first-order valence-electron chi connectivity index (χ1n) is 9.49. The van der Waals surface area contributed by atoms with Crippen LogP contribution in [0.25, 0.3) is 0 Å². The summed E-state index contributed by atoms with van der Waals surface area (Å²) >= 11 is 0. The molecule has 0 unspecified atom stereocenters. The molecule has 0 bridgehead atoms. The number of halogens is 3. The summed E-state index contributed by atoms with van der Waals surface area (Å²) in [6, 6.07) is 6.82. The highest BCUT2D eigenvalue weighted by molar-refractivity contribution is 5.79. The minimum absolute atomic E-state index is 0.0312. The lowest BCUT2D eigenvalue weighted by Gasteiger charge is -2.31. The Kier molecular flexibility index (Phi) is 4.81. The molecule has 2 heterocycles. The van der Waals surface area contributed by atoms with E-state index in [2.05, 4.69) is 4.98 Å². The van der Waals surface area contributed by atoms with Crippen molar-refractivity contribution in [2.24, 2.45) is 11.8 Å². The van der Waals surface area contributed by atoms with E-state index in [0.717, 1.165) is 18.4 Å². The summed E-state index contributed by atoms with van der Waals surface area (Å²) in [6.07, 6.45) is -0.423. The van der Waals surface area contributed by atoms with Crippen molar-refractivity contribution in [3.63, 3.8) is 0 Å². The van der Waals surface area contributed by atoms with Crippen LogP contribution in [-0.2, 0) is 30.5 Å². The van der Waals surface area contributed by atoms with E-state index in [1.165, 1.54) is 10.8 Å². The molecule has 1 saturated carbocycles. The number of alkyl halides is 3. The molecule has 1 aromatic carbocycles. The minimum atomic E-state index is -4.48. The second-order valence-electron chi connectivity index (χ2n) is 7.74. The first kappa shape index (κ1) is 18.8. The van der Waals surface area contributed by atoms with E-state index in [9.17, 15) is 23.1 Å². The monoisotopic (exact) mass is 393 g/mol. The van der Waals surface area contributed by atoms with Crippen LogP contribution in [0.5, 0.6) is 5.75 Å². The summed E-state index contributed by atoms with van der Waals surface area (Å²) in [5, 5.41) is 9.68. The van der Waals surface area contributed by atoms with Gasteiger partial charge in [0, 0.05) is 43.9 Å². The lowest BCUT2D eigenvalue weighted by Crippen LogP contribution is -2.40. The Balaban J connectivity index is 1.50. The fourth-order valence-electron chi connectivity index (χ4n) is 3.88. The molecule has 5 nitrogen and oxygen atoms in total. The van der Waals surface area contributed by atoms with Crippen LogP contribution in [0.3, 0.4) is 0 Å². The van der Waals surface area contributed by atoms with E-state index < -0.39 is 12.0 Å². The van der Waals surface area contributed by atoms with Crippen LogP contribution in [0.15, 0.2) is 30.5 Å². The smallest absolute Gasteiger partial charge is 0.449 e. The number of phenolic OH excluding ortho intramolecular Hbond substituents is 1. The molecular weight excluding hydrogens is 371 g/mol. The lowest BCUT2D eigenvalue weighted by atomic mass is 9.94. The summed E-state index contributed by atoms with van der Waals surface area (Å²) in [5.41, 5.74) is 1.30. The summed E-state index contributed by atoms with van der Waals surface area (Å²) < 4.78 is 40.3. The molecule has 1 fully saturated rings. The van der Waals surface area contributed by atoms with Gasteiger partial charge in [0.15, 0.2) is 0 Å². The van der Waals surface area contributed by atoms with Crippen molar-refractivity contribution in [2.75, 3.05) is 6.54 Å². The van der Waals surface area contributed by atoms with E-state index in [1.54, 1.807) is 23.1 Å². The van der Waals surface area contributed by atoms with Gasteiger partial charge in [0.25, 0.3) is 0 Å². The van der Waals surface area contributed by atoms with E-state index in [4.69, 9.17) is 0 Å². The maximum absolute atomic E-state index is 13.2. The van der Waals surface area contributed by atoms with Gasteiger partial charge in [-0.15, -0.1) is 0 Å². The highest BCUT2D eigenvalue weighted by atomic mass is 19.4. The van der Waals surface area contributed by atoms with Gasteiger partial charge in [-0.3, -0.25) is 4.79 Å². The number of aromatic hydroxyl groups is 1. The van der Waals surface area contributed by atoms with Crippen molar-refractivity contribution < 1.29 is 23.1 Å². The van der Waals surface area contributed by atoms with E-state index in [0.29, 0.717) is 31.1 Å². The lowest BCUT2D eigenvalue weighted by molar-refractivity contribution is -0.147. The van der Waals surface area contributed by atoms with Gasteiger partial charge in [-0.25, -0.2) is 4.98 Å². The number of imidazole rings is 1. The number of hydrogen-bond donors (Lipinski definition) is 1. The van der Waals surface area contributed by atoms with Crippen LogP contribution >= 0.6 is 0 Å². The van der Waals surface area contributed by atoms with Crippen molar-refractivity contribution in [2.45, 2.75) is 44.9 Å². The van der Waals surface area contributed by atoms with Crippen LogP contribution in [0.2, 0.25) is 0 Å². The van der Waals surface area contributed by atoms with Crippen molar-refractivity contribution in [3.05, 3.63) is 47.5 Å². The number of fused-ring (bicyclic) bond motifs is 1. The van der Waals surface area contributed by atoms with Gasteiger partial charge >= 0.3 is 6.18 Å². The molecule has 1 N–H and O–H groups in total. The van der Waals surface area contributed by atoms with Gasteiger partial charge in [0.2, 0.25) is 11.7 Å². The standard InChI is InChI=1S/C20H22F3N3O2/c21-20(22,23)19-24-10-16-9-15(6-7-26(16)19)18(28)25(11-13-4-5-13)12-14-2-1-3-17(27)8-14/h1-3,8,10,13,15,27H,4-7,9,11-12H2/t15-/m0/s1. The average Bonchev–Trinajstić information content (AvgIpc) is 3.34. The summed E-state index contributed by atoms with van der Waals surface area (Å²) in [4.78, 5) is 18.5. The number of amides is 1. The van der Waals surface area contributed by atoms with Crippen molar-refractivity contribution in [3.8, 4) is 5.75 Å². The number of rotatable bonds is 5. The fourth-order valence-corrected chi connectivity index (χ4v) is 3.88. The molecule has 2 aromatic rings. The van der Waals surface area contributed by atoms with Gasteiger partial charge in [0.1, 0.15) is 5.75 Å². The second-order valence-corrected chi connectivity index (χ2v) is 7.74. The molecule has 0 radical (unpaired) electrons. The molecule has 4 rings (SSSR count). The molecule has 150 valence electrons. The number of aromatic nitrogens is 2. The predicted octanol–water partition coefficient (Wildman–Crippen LogP) is 3.61. The minimum Gasteiger partial charge on any atom is -0.508 e. The van der Waals surface area contributed by atoms with E-state index >= 15 is 0 Å². The highest BCUT2D eigenvalue weighted by Crippen LogP contribution is 2.34. The number of phenols is 1. The summed E-state index contributed by atoms with van der Waals surface area (Å²) in [7, 11) is 0. The van der Waals surface area contributed by atoms with Gasteiger partial charge in [-0.05, 0) is 42.9 Å². The first-order valence-corrected chi connectivity index (χ1v) is 9.49. The molecular formula is C20H22F3N3O2. The largest absolute Gasteiger partial charge is 0.508 e. The van der Waals surface area contributed by atoms with Gasteiger partial charge in [-0.1, -0.05) is 12.1 Å². The third-order valence-electron chi connectivity index (χ3n) is 5.47. The zero-order valence-electron chi connectivity index (χ0n) is 15.3. The molecule has 2 aliphatic rings. The quantitative estimate of drug-likeness (QED) is 0.844. The Morgan fingerprint density at radius 3 is 2.75 bits per heavy atom. The van der Waals surface area contributed by atoms with E-state index in [-0.39, 0.29) is 30.5 Å². The molecule has 1 aliphatic carbocycles. The maximum atomic E-state index is 13.2. The molecule has 0 spiro atoms. The summed E-state index contributed by atoms with van der Waals surface area (Å²) in [5.74, 6) is -0.620. The number of benzene rings is 1. The second kappa shape index (κ2) is 7.14. The van der Waals surface area contributed by atoms with Crippen LogP contribution in [0, 0.1) is 11.8 Å². The van der Waals surface area contributed by atoms with Crippen LogP contribution in [0.1, 0.15) is 36.3 Å². The van der Waals surface area contributed by atoms with Crippen molar-refractivity contribution in [1.82, 2.24) is 14.5 Å². The molecule has 1 amide bonds. The Labute approximate surface area is 160 Å². The molecule has 8 heteroatoms. The van der Waals surface area contributed by atoms with Crippen LogP contribution < -0.4 is 0 Å².